The maximum absolute atomic E-state index is 13.6. The van der Waals surface area contributed by atoms with Crippen LogP contribution in [0.1, 0.15) is 26.3 Å². The molecule has 0 saturated carbocycles. The summed E-state index contributed by atoms with van der Waals surface area (Å²) in [6.07, 6.45) is 3.30. The van der Waals surface area contributed by atoms with Gasteiger partial charge in [-0.3, -0.25) is 4.90 Å². The van der Waals surface area contributed by atoms with Gasteiger partial charge in [0.2, 0.25) is 5.95 Å². The Hall–Kier alpha value is -3.63. The Morgan fingerprint density at radius 2 is 1.95 bits per heavy atom. The number of ether oxygens (including phenoxy) is 1. The van der Waals surface area contributed by atoms with Crippen molar-refractivity contribution in [2.75, 3.05) is 31.5 Å². The van der Waals surface area contributed by atoms with Crippen LogP contribution in [0.3, 0.4) is 0 Å². The van der Waals surface area contributed by atoms with Crippen LogP contribution in [0.15, 0.2) is 54.2 Å². The van der Waals surface area contributed by atoms with Crippen molar-refractivity contribution in [3.63, 3.8) is 0 Å². The Kier molecular flexibility index (Phi) is 7.03. The third-order valence-corrected chi connectivity index (χ3v) is 6.77. The first-order valence-electron chi connectivity index (χ1n) is 12.2. The SMILES string of the molecule is CC(C)(C)OC(=O)N1CCN(Cc2cc3nc(Nc4cccc(F)c4)ncc3cc2-c2nccs2)CC1. The van der Waals surface area contributed by atoms with E-state index < -0.39 is 5.60 Å². The lowest BCUT2D eigenvalue weighted by Gasteiger charge is -2.35. The van der Waals surface area contributed by atoms with Crippen molar-refractivity contribution >= 4 is 40.0 Å². The summed E-state index contributed by atoms with van der Waals surface area (Å²) in [5, 5.41) is 6.88. The molecule has 1 N–H and O–H groups in total. The lowest BCUT2D eigenvalue weighted by atomic mass is 10.0. The van der Waals surface area contributed by atoms with Crippen LogP contribution in [0.5, 0.6) is 0 Å². The minimum Gasteiger partial charge on any atom is -0.444 e. The number of aromatic nitrogens is 3. The van der Waals surface area contributed by atoms with Crippen molar-refractivity contribution in [2.24, 2.45) is 0 Å². The molecule has 37 heavy (non-hydrogen) atoms. The zero-order valence-corrected chi connectivity index (χ0v) is 21.9. The number of nitrogens with zero attached hydrogens (tertiary/aromatic N) is 5. The van der Waals surface area contributed by atoms with Crippen molar-refractivity contribution in [3.05, 3.63) is 65.6 Å². The van der Waals surface area contributed by atoms with E-state index in [1.54, 1.807) is 40.8 Å². The fourth-order valence-corrected chi connectivity index (χ4v) is 4.91. The van der Waals surface area contributed by atoms with Gasteiger partial charge >= 0.3 is 6.09 Å². The first-order valence-corrected chi connectivity index (χ1v) is 13.0. The van der Waals surface area contributed by atoms with E-state index >= 15 is 0 Å². The minimum absolute atomic E-state index is 0.267. The number of amides is 1. The summed E-state index contributed by atoms with van der Waals surface area (Å²) in [7, 11) is 0. The van der Waals surface area contributed by atoms with Crippen LogP contribution in [0.2, 0.25) is 0 Å². The molecule has 8 nitrogen and oxygen atoms in total. The molecule has 1 fully saturated rings. The van der Waals surface area contributed by atoms with E-state index in [-0.39, 0.29) is 11.9 Å². The number of nitrogens with one attached hydrogen (secondary N) is 1. The number of hydrogen-bond donors (Lipinski definition) is 1. The van der Waals surface area contributed by atoms with E-state index in [1.165, 1.54) is 12.1 Å². The van der Waals surface area contributed by atoms with Crippen molar-refractivity contribution in [1.29, 1.82) is 0 Å². The molecule has 3 heterocycles. The Bertz CT molecular complexity index is 1400. The van der Waals surface area contributed by atoms with Gasteiger partial charge in [-0.2, -0.15) is 0 Å². The second kappa shape index (κ2) is 10.4. The molecular weight excluding hydrogens is 491 g/mol. The largest absolute Gasteiger partial charge is 0.444 e. The molecule has 5 rings (SSSR count). The number of piperazine rings is 1. The van der Waals surface area contributed by atoms with Crippen molar-refractivity contribution in [3.8, 4) is 10.6 Å². The molecule has 0 spiro atoms. The number of thiazole rings is 1. The second-order valence-electron chi connectivity index (χ2n) is 9.98. The van der Waals surface area contributed by atoms with Gasteiger partial charge in [0, 0.05) is 67.1 Å². The first kappa shape index (κ1) is 25.0. The Labute approximate surface area is 219 Å². The Morgan fingerprint density at radius 1 is 1.14 bits per heavy atom. The molecule has 2 aromatic carbocycles. The van der Waals surface area contributed by atoms with Crippen LogP contribution in [0, 0.1) is 5.82 Å². The van der Waals surface area contributed by atoms with Crippen LogP contribution in [0.25, 0.3) is 21.5 Å². The Balaban J connectivity index is 1.37. The quantitative estimate of drug-likeness (QED) is 0.362. The van der Waals surface area contributed by atoms with E-state index in [0.29, 0.717) is 31.3 Å². The number of rotatable bonds is 5. The van der Waals surface area contributed by atoms with Gasteiger partial charge in [0.25, 0.3) is 0 Å². The summed E-state index contributed by atoms with van der Waals surface area (Å²) in [6.45, 7) is 9.04. The molecule has 0 radical (unpaired) electrons. The first-order chi connectivity index (χ1) is 17.7. The van der Waals surface area contributed by atoms with E-state index in [4.69, 9.17) is 9.72 Å². The molecule has 4 aromatic rings. The van der Waals surface area contributed by atoms with E-state index in [9.17, 15) is 9.18 Å². The lowest BCUT2D eigenvalue weighted by Crippen LogP contribution is -2.49. The molecule has 1 aliphatic rings. The van der Waals surface area contributed by atoms with Crippen LogP contribution < -0.4 is 5.32 Å². The van der Waals surface area contributed by atoms with Gasteiger partial charge in [0.05, 0.1) is 5.52 Å². The third-order valence-electron chi connectivity index (χ3n) is 5.97. The smallest absolute Gasteiger partial charge is 0.410 e. The van der Waals surface area contributed by atoms with Gasteiger partial charge in [-0.25, -0.2) is 24.1 Å². The molecule has 1 saturated heterocycles. The van der Waals surface area contributed by atoms with Gasteiger partial charge in [-0.1, -0.05) is 6.07 Å². The number of hydrogen-bond acceptors (Lipinski definition) is 8. The molecule has 0 atom stereocenters. The number of fused-ring (bicyclic) bond motifs is 1. The van der Waals surface area contributed by atoms with Gasteiger partial charge < -0.3 is 15.0 Å². The average Bonchev–Trinajstić information content (AvgIpc) is 3.38. The highest BCUT2D eigenvalue weighted by molar-refractivity contribution is 7.13. The monoisotopic (exact) mass is 520 g/mol. The molecule has 0 unspecified atom stereocenters. The zero-order valence-electron chi connectivity index (χ0n) is 21.1. The highest BCUT2D eigenvalue weighted by Gasteiger charge is 2.26. The number of halogens is 1. The average molecular weight is 521 g/mol. The van der Waals surface area contributed by atoms with Crippen LogP contribution in [0.4, 0.5) is 20.8 Å². The van der Waals surface area contributed by atoms with Gasteiger partial charge in [0.1, 0.15) is 16.4 Å². The van der Waals surface area contributed by atoms with Gasteiger partial charge in [0.15, 0.2) is 0 Å². The number of carbonyl (C=O) groups excluding carboxylic acids is 1. The maximum Gasteiger partial charge on any atom is 0.410 e. The topological polar surface area (TPSA) is 83.5 Å². The fourth-order valence-electron chi connectivity index (χ4n) is 4.22. The van der Waals surface area contributed by atoms with E-state index in [1.807, 2.05) is 26.2 Å². The maximum atomic E-state index is 13.6. The van der Waals surface area contributed by atoms with Gasteiger partial charge in [-0.05, 0) is 56.7 Å². The molecule has 0 aliphatic carbocycles. The van der Waals surface area contributed by atoms with Gasteiger partial charge in [-0.15, -0.1) is 11.3 Å². The molecule has 10 heteroatoms. The second-order valence-corrected chi connectivity index (χ2v) is 10.9. The number of carbonyl (C=O) groups is 1. The van der Waals surface area contributed by atoms with Crippen LogP contribution in [-0.2, 0) is 11.3 Å². The van der Waals surface area contributed by atoms with Crippen LogP contribution >= 0.6 is 11.3 Å². The Morgan fingerprint density at radius 3 is 2.65 bits per heavy atom. The highest BCUT2D eigenvalue weighted by Crippen LogP contribution is 2.31. The molecule has 2 aromatic heterocycles. The number of anilines is 2. The third kappa shape index (κ3) is 6.20. The van der Waals surface area contributed by atoms with E-state index in [2.05, 4.69) is 32.3 Å². The summed E-state index contributed by atoms with van der Waals surface area (Å²) < 4.78 is 19.1. The van der Waals surface area contributed by atoms with Crippen molar-refractivity contribution < 1.29 is 13.9 Å². The summed E-state index contributed by atoms with van der Waals surface area (Å²) >= 11 is 1.59. The van der Waals surface area contributed by atoms with Crippen LogP contribution in [-0.4, -0.2) is 62.6 Å². The number of benzene rings is 2. The molecule has 0 bridgehead atoms. The highest BCUT2D eigenvalue weighted by atomic mass is 32.1. The summed E-state index contributed by atoms with van der Waals surface area (Å²) in [5.74, 6) is 0.0740. The zero-order chi connectivity index (χ0) is 26.0. The summed E-state index contributed by atoms with van der Waals surface area (Å²) in [5.41, 5.74) is 3.01. The molecule has 1 aliphatic heterocycles. The lowest BCUT2D eigenvalue weighted by molar-refractivity contribution is 0.0139. The molecule has 1 amide bonds. The predicted octanol–water partition coefficient (Wildman–Crippen LogP) is 5.69. The molecular formula is C27H29FN6O2S. The summed E-state index contributed by atoms with van der Waals surface area (Å²) in [4.78, 5) is 30.2. The van der Waals surface area contributed by atoms with Crippen molar-refractivity contribution in [1.82, 2.24) is 24.8 Å². The van der Waals surface area contributed by atoms with Crippen molar-refractivity contribution in [2.45, 2.75) is 32.9 Å². The normalized spacial score (nSPS) is 14.6. The summed E-state index contributed by atoms with van der Waals surface area (Å²) in [6, 6.07) is 10.4. The fraction of sp³-hybridized carbons (Fsp3) is 0.333. The standard InChI is InChI=1S/C27H29FN6O2S/c1-27(2,3)36-26(35)34-10-8-33(9-11-34)17-19-14-23-18(13-22(19)24-29-7-12-37-24)16-30-25(32-23)31-21-6-4-5-20(28)15-21/h4-7,12-16H,8-11,17H2,1-3H3,(H,30,31,32). The minimum atomic E-state index is -0.508. The van der Waals surface area contributed by atoms with E-state index in [0.717, 1.165) is 40.1 Å². The predicted molar refractivity (Wildman–Crippen MR) is 143 cm³/mol. The molecule has 192 valence electrons.